The van der Waals surface area contributed by atoms with E-state index in [2.05, 4.69) is 61.8 Å². The van der Waals surface area contributed by atoms with Crippen molar-refractivity contribution in [2.75, 3.05) is 31.1 Å². The van der Waals surface area contributed by atoms with Crippen LogP contribution in [-0.2, 0) is 0 Å². The maximum atomic E-state index is 4.12. The molecule has 1 rings (SSSR count). The van der Waals surface area contributed by atoms with Gasteiger partial charge in [-0.05, 0) is 38.1 Å². The molecule has 0 atom stereocenters. The number of nitrogens with zero attached hydrogens (tertiary/aromatic N) is 1. The number of nitrogens with one attached hydrogen (secondary N) is 1. The number of hydrogen-bond donors (Lipinski definition) is 1. The average Bonchev–Trinajstić information content (AvgIpc) is 2.34. The van der Waals surface area contributed by atoms with Crippen LogP contribution in [0.15, 0.2) is 36.4 Å². The zero-order chi connectivity index (χ0) is 12.7. The van der Waals surface area contributed by atoms with Crippen molar-refractivity contribution in [3.05, 3.63) is 42.0 Å². The van der Waals surface area contributed by atoms with Gasteiger partial charge in [0.1, 0.15) is 0 Å². The Labute approximate surface area is 105 Å². The third-order valence-electron chi connectivity index (χ3n) is 2.82. The van der Waals surface area contributed by atoms with E-state index in [1.54, 1.807) is 0 Å². The average molecular weight is 232 g/mol. The molecule has 0 saturated heterocycles. The molecule has 0 aliphatic rings. The first-order valence-corrected chi connectivity index (χ1v) is 6.36. The van der Waals surface area contributed by atoms with E-state index in [1.807, 2.05) is 0 Å². The van der Waals surface area contributed by atoms with Gasteiger partial charge in [-0.1, -0.05) is 31.2 Å². The molecule has 0 saturated carbocycles. The molecule has 0 bridgehead atoms. The van der Waals surface area contributed by atoms with Crippen molar-refractivity contribution in [1.82, 2.24) is 5.32 Å². The van der Waals surface area contributed by atoms with Crippen molar-refractivity contribution >= 4 is 5.69 Å². The third-order valence-corrected chi connectivity index (χ3v) is 2.82. The van der Waals surface area contributed by atoms with E-state index in [0.717, 1.165) is 26.2 Å². The Kier molecular flexibility index (Phi) is 5.78. The Morgan fingerprint density at radius 3 is 2.41 bits per heavy atom. The summed E-state index contributed by atoms with van der Waals surface area (Å²) in [5.41, 5.74) is 3.81. The van der Waals surface area contributed by atoms with Crippen LogP contribution in [0.25, 0.3) is 0 Å². The van der Waals surface area contributed by atoms with Crippen LogP contribution in [0.5, 0.6) is 0 Å². The Morgan fingerprint density at radius 1 is 1.24 bits per heavy atom. The van der Waals surface area contributed by atoms with E-state index in [0.29, 0.717) is 0 Å². The highest BCUT2D eigenvalue weighted by Gasteiger charge is 2.05. The van der Waals surface area contributed by atoms with Gasteiger partial charge in [-0.15, -0.1) is 0 Å². The summed E-state index contributed by atoms with van der Waals surface area (Å²) in [7, 11) is 0. The van der Waals surface area contributed by atoms with Gasteiger partial charge in [-0.25, -0.2) is 0 Å². The second kappa shape index (κ2) is 7.13. The van der Waals surface area contributed by atoms with Gasteiger partial charge in [0.15, 0.2) is 0 Å². The number of benzene rings is 1. The molecule has 0 spiro atoms. The molecule has 0 unspecified atom stereocenters. The lowest BCUT2D eigenvalue weighted by Gasteiger charge is -2.24. The standard InChI is InChI=1S/C15H24N2/c1-5-16-11-14(4)12-17(6-2)15-9-7-13(3)8-10-15/h7-10,16H,4-6,11-12H2,1-3H3. The zero-order valence-electron chi connectivity index (χ0n) is 11.3. The van der Waals surface area contributed by atoms with Gasteiger partial charge < -0.3 is 10.2 Å². The molecule has 0 aliphatic carbocycles. The molecule has 2 nitrogen and oxygen atoms in total. The number of rotatable bonds is 7. The summed E-state index contributed by atoms with van der Waals surface area (Å²) in [5, 5.41) is 3.31. The number of anilines is 1. The molecule has 0 fully saturated rings. The summed E-state index contributed by atoms with van der Waals surface area (Å²) in [4.78, 5) is 2.35. The van der Waals surface area contributed by atoms with Gasteiger partial charge in [0.25, 0.3) is 0 Å². The van der Waals surface area contributed by atoms with Crippen LogP contribution in [0.2, 0.25) is 0 Å². The van der Waals surface area contributed by atoms with Crippen LogP contribution >= 0.6 is 0 Å². The fourth-order valence-electron chi connectivity index (χ4n) is 1.77. The Hall–Kier alpha value is -1.28. The van der Waals surface area contributed by atoms with Crippen LogP contribution in [0.4, 0.5) is 5.69 Å². The van der Waals surface area contributed by atoms with Crippen molar-refractivity contribution in [1.29, 1.82) is 0 Å². The van der Waals surface area contributed by atoms with Crippen molar-refractivity contribution < 1.29 is 0 Å². The van der Waals surface area contributed by atoms with Crippen molar-refractivity contribution in [2.45, 2.75) is 20.8 Å². The second-order valence-electron chi connectivity index (χ2n) is 4.38. The van der Waals surface area contributed by atoms with E-state index in [9.17, 15) is 0 Å². The lowest BCUT2D eigenvalue weighted by Crippen LogP contribution is -2.28. The van der Waals surface area contributed by atoms with E-state index >= 15 is 0 Å². The van der Waals surface area contributed by atoms with Crippen molar-refractivity contribution in [3.8, 4) is 0 Å². The number of hydrogen-bond acceptors (Lipinski definition) is 2. The van der Waals surface area contributed by atoms with E-state index < -0.39 is 0 Å². The normalized spacial score (nSPS) is 10.3. The number of likely N-dealkylation sites (N-methyl/N-ethyl adjacent to an activating group) is 2. The van der Waals surface area contributed by atoms with Gasteiger partial charge in [0.2, 0.25) is 0 Å². The molecule has 0 radical (unpaired) electrons. The highest BCUT2D eigenvalue weighted by Crippen LogP contribution is 2.15. The van der Waals surface area contributed by atoms with Gasteiger partial charge in [-0.2, -0.15) is 0 Å². The van der Waals surface area contributed by atoms with Crippen LogP contribution in [0.1, 0.15) is 19.4 Å². The van der Waals surface area contributed by atoms with E-state index in [1.165, 1.54) is 16.8 Å². The molecule has 0 aliphatic heterocycles. The van der Waals surface area contributed by atoms with Crippen molar-refractivity contribution in [3.63, 3.8) is 0 Å². The Bertz CT molecular complexity index is 340. The van der Waals surface area contributed by atoms with Crippen molar-refractivity contribution in [2.24, 2.45) is 0 Å². The summed E-state index contributed by atoms with van der Waals surface area (Å²) in [6.07, 6.45) is 0. The maximum absolute atomic E-state index is 4.12. The van der Waals surface area contributed by atoms with Crippen LogP contribution < -0.4 is 10.2 Å². The SMILES string of the molecule is C=C(CNCC)CN(CC)c1ccc(C)cc1. The fourth-order valence-corrected chi connectivity index (χ4v) is 1.77. The Balaban J connectivity index is 2.59. The van der Waals surface area contributed by atoms with Gasteiger partial charge in [-0.3, -0.25) is 0 Å². The summed E-state index contributed by atoms with van der Waals surface area (Å²) >= 11 is 0. The predicted octanol–water partition coefficient (Wildman–Crippen LogP) is 2.99. The molecule has 0 aromatic heterocycles. The first-order chi connectivity index (χ1) is 8.17. The minimum absolute atomic E-state index is 0.902. The van der Waals surface area contributed by atoms with Gasteiger partial charge in [0.05, 0.1) is 0 Å². The predicted molar refractivity (Wildman–Crippen MR) is 76.7 cm³/mol. The topological polar surface area (TPSA) is 15.3 Å². The third kappa shape index (κ3) is 4.61. The quantitative estimate of drug-likeness (QED) is 0.727. The maximum Gasteiger partial charge on any atom is 0.0398 e. The lowest BCUT2D eigenvalue weighted by atomic mass is 10.2. The molecule has 1 aromatic rings. The van der Waals surface area contributed by atoms with Crippen LogP contribution in [-0.4, -0.2) is 26.2 Å². The first kappa shape index (κ1) is 13.8. The highest BCUT2D eigenvalue weighted by atomic mass is 15.1. The second-order valence-corrected chi connectivity index (χ2v) is 4.38. The minimum Gasteiger partial charge on any atom is -0.368 e. The molecular weight excluding hydrogens is 208 g/mol. The van der Waals surface area contributed by atoms with Crippen LogP contribution in [0.3, 0.4) is 0 Å². The smallest absolute Gasteiger partial charge is 0.0398 e. The lowest BCUT2D eigenvalue weighted by molar-refractivity contribution is 0.750. The van der Waals surface area contributed by atoms with Gasteiger partial charge in [0, 0.05) is 25.3 Å². The highest BCUT2D eigenvalue weighted by molar-refractivity contribution is 5.48. The molecule has 17 heavy (non-hydrogen) atoms. The number of aryl methyl sites for hydroxylation is 1. The monoisotopic (exact) mass is 232 g/mol. The van der Waals surface area contributed by atoms with E-state index in [4.69, 9.17) is 0 Å². The summed E-state index contributed by atoms with van der Waals surface area (Å²) in [6.45, 7) is 14.4. The largest absolute Gasteiger partial charge is 0.368 e. The zero-order valence-corrected chi connectivity index (χ0v) is 11.3. The Morgan fingerprint density at radius 2 is 1.88 bits per heavy atom. The summed E-state index contributed by atoms with van der Waals surface area (Å²) in [6, 6.07) is 8.68. The van der Waals surface area contributed by atoms with Crippen LogP contribution in [0, 0.1) is 6.92 Å². The molecular formula is C15H24N2. The molecule has 94 valence electrons. The first-order valence-electron chi connectivity index (χ1n) is 6.36. The molecule has 0 amide bonds. The van der Waals surface area contributed by atoms with E-state index in [-0.39, 0.29) is 0 Å². The molecule has 0 heterocycles. The fraction of sp³-hybridized carbons (Fsp3) is 0.467. The summed E-state index contributed by atoms with van der Waals surface area (Å²) < 4.78 is 0. The molecule has 1 N–H and O–H groups in total. The van der Waals surface area contributed by atoms with Gasteiger partial charge >= 0.3 is 0 Å². The molecule has 1 aromatic carbocycles. The molecule has 2 heteroatoms. The summed E-state index contributed by atoms with van der Waals surface area (Å²) in [5.74, 6) is 0. The minimum atomic E-state index is 0.902.